The van der Waals surface area contributed by atoms with Crippen LogP contribution in [0.15, 0.2) is 79.9 Å². The van der Waals surface area contributed by atoms with Crippen LogP contribution >= 0.6 is 39.5 Å². The minimum Gasteiger partial charge on any atom is -0.508 e. The van der Waals surface area contributed by atoms with Crippen LogP contribution < -0.4 is 9.47 Å². The van der Waals surface area contributed by atoms with Gasteiger partial charge in [0, 0.05) is 6.42 Å². The Morgan fingerprint density at radius 1 is 1.17 bits per heavy atom. The van der Waals surface area contributed by atoms with E-state index in [1.165, 1.54) is 13.0 Å². The van der Waals surface area contributed by atoms with Crippen LogP contribution in [-0.2, 0) is 4.57 Å². The van der Waals surface area contributed by atoms with Gasteiger partial charge in [0.2, 0.25) is 0 Å². The van der Waals surface area contributed by atoms with E-state index in [9.17, 15) is 14.1 Å². The fraction of sp³-hybridized carbons (Fsp3) is 0.360. The zero-order chi connectivity index (χ0) is 26.6. The van der Waals surface area contributed by atoms with Gasteiger partial charge in [0.1, 0.15) is 17.3 Å². The van der Waals surface area contributed by atoms with Crippen molar-refractivity contribution in [3.05, 3.63) is 79.9 Å². The van der Waals surface area contributed by atoms with E-state index in [2.05, 4.69) is 31.9 Å². The average Bonchev–Trinajstić information content (AvgIpc) is 2.78. The number of ether oxygens (including phenoxy) is 2. The number of halogens is 3. The quantitative estimate of drug-likeness (QED) is 0.185. The first kappa shape index (κ1) is 31.4. The van der Waals surface area contributed by atoms with Crippen LogP contribution in [0.1, 0.15) is 53.4 Å². The molecule has 0 atom stereocenters. The molecule has 1 aliphatic carbocycles. The molecule has 0 saturated carbocycles. The predicted octanol–water partition coefficient (Wildman–Crippen LogP) is 8.78. The number of benzene rings is 1. The van der Waals surface area contributed by atoms with Crippen LogP contribution in [-0.4, -0.2) is 21.2 Å². The van der Waals surface area contributed by atoms with Crippen LogP contribution in [0.25, 0.3) is 0 Å². The standard InChI is InChI=1S/C23H26Br2FO6P.C2H6/c1-3-16(8-7-15(2)26)11-17-9-10-18(5-4-6-22(17)27)32-23-20(24)12-19(13-21(23)25)31-14-33(28,29)30;1-2/h4,6-8,10,12-13,27H,3,5,9,11,14H2,1-2H3,(H2,28,29,30);1-2H3/b6-4?,15-7+,16-8+,18-10+,22-17-;. The highest BCUT2D eigenvalue weighted by Gasteiger charge is 2.17. The molecular formula is C25H32Br2FO6P. The molecule has 10 heteroatoms. The number of aliphatic hydroxyl groups is 1. The first-order valence-corrected chi connectivity index (χ1v) is 14.5. The molecule has 0 aromatic heterocycles. The molecule has 6 nitrogen and oxygen atoms in total. The third-order valence-corrected chi connectivity index (χ3v) is 6.22. The lowest BCUT2D eigenvalue weighted by Gasteiger charge is -2.17. The van der Waals surface area contributed by atoms with Gasteiger partial charge >= 0.3 is 7.60 Å². The zero-order valence-corrected chi connectivity index (χ0v) is 24.3. The molecule has 0 radical (unpaired) electrons. The summed E-state index contributed by atoms with van der Waals surface area (Å²) in [5, 5.41) is 10.4. The Bertz CT molecular complexity index is 1040. The molecule has 0 amide bonds. The molecule has 0 spiro atoms. The molecule has 0 saturated heterocycles. The summed E-state index contributed by atoms with van der Waals surface area (Å²) in [6, 6.07) is 3.12. The van der Waals surface area contributed by atoms with Gasteiger partial charge in [0.15, 0.2) is 12.1 Å². The lowest BCUT2D eigenvalue weighted by molar-refractivity contribution is 0.300. The molecular weight excluding hydrogens is 606 g/mol. The van der Waals surface area contributed by atoms with E-state index >= 15 is 0 Å². The first-order chi connectivity index (χ1) is 16.5. The smallest absolute Gasteiger partial charge is 0.362 e. The van der Waals surface area contributed by atoms with Gasteiger partial charge in [0.25, 0.3) is 0 Å². The van der Waals surface area contributed by atoms with Crippen LogP contribution in [0.3, 0.4) is 0 Å². The van der Waals surface area contributed by atoms with Crippen molar-refractivity contribution in [2.75, 3.05) is 6.35 Å². The fourth-order valence-electron chi connectivity index (χ4n) is 2.89. The lowest BCUT2D eigenvalue weighted by atomic mass is 9.97. The third kappa shape index (κ3) is 11.8. The van der Waals surface area contributed by atoms with Gasteiger partial charge < -0.3 is 24.4 Å². The highest BCUT2D eigenvalue weighted by Crippen LogP contribution is 2.41. The second kappa shape index (κ2) is 15.5. The summed E-state index contributed by atoms with van der Waals surface area (Å²) in [6.45, 7) is 7.37. The maximum atomic E-state index is 13.1. The van der Waals surface area contributed by atoms with Crippen LogP contribution in [0.2, 0.25) is 0 Å². The van der Waals surface area contributed by atoms with E-state index in [0.29, 0.717) is 39.7 Å². The molecule has 35 heavy (non-hydrogen) atoms. The first-order valence-electron chi connectivity index (χ1n) is 11.1. The third-order valence-electron chi connectivity index (χ3n) is 4.58. The van der Waals surface area contributed by atoms with Crippen molar-refractivity contribution in [1.82, 2.24) is 0 Å². The summed E-state index contributed by atoms with van der Waals surface area (Å²) in [7, 11) is -4.30. The molecule has 1 aromatic carbocycles. The topological polar surface area (TPSA) is 96.2 Å². The van der Waals surface area contributed by atoms with Crippen LogP contribution in [0.5, 0.6) is 11.5 Å². The lowest BCUT2D eigenvalue weighted by Crippen LogP contribution is -2.02. The maximum absolute atomic E-state index is 13.1. The Kier molecular flexibility index (Phi) is 13.9. The molecule has 3 N–H and O–H groups in total. The van der Waals surface area contributed by atoms with Crippen LogP contribution in [0.4, 0.5) is 4.39 Å². The number of rotatable bonds is 9. The van der Waals surface area contributed by atoms with Gasteiger partial charge in [-0.3, -0.25) is 4.57 Å². The normalized spacial score (nSPS) is 18.6. The summed E-state index contributed by atoms with van der Waals surface area (Å²) in [5.41, 5.74) is 1.79. The van der Waals surface area contributed by atoms with Gasteiger partial charge in [-0.05, 0) is 94.0 Å². The minimum atomic E-state index is -4.30. The molecule has 2 rings (SSSR count). The second-order valence-corrected chi connectivity index (χ2v) is 10.6. The monoisotopic (exact) mass is 636 g/mol. The number of hydrogen-bond donors (Lipinski definition) is 3. The Hall–Kier alpha value is -1.64. The van der Waals surface area contributed by atoms with E-state index < -0.39 is 13.9 Å². The van der Waals surface area contributed by atoms with E-state index in [1.807, 2.05) is 26.8 Å². The highest BCUT2D eigenvalue weighted by molar-refractivity contribution is 9.11. The average molecular weight is 638 g/mol. The molecule has 0 fully saturated rings. The van der Waals surface area contributed by atoms with E-state index in [-0.39, 0.29) is 17.3 Å². The van der Waals surface area contributed by atoms with Crippen molar-refractivity contribution in [1.29, 1.82) is 0 Å². The van der Waals surface area contributed by atoms with Gasteiger partial charge in [0.05, 0.1) is 14.8 Å². The summed E-state index contributed by atoms with van der Waals surface area (Å²) < 4.78 is 36.4. The fourth-order valence-corrected chi connectivity index (χ4v) is 4.51. The second-order valence-electron chi connectivity index (χ2n) is 7.33. The summed E-state index contributed by atoms with van der Waals surface area (Å²) in [4.78, 5) is 18.0. The number of hydrogen-bond acceptors (Lipinski definition) is 4. The Morgan fingerprint density at radius 3 is 2.34 bits per heavy atom. The van der Waals surface area contributed by atoms with Crippen molar-refractivity contribution in [3.8, 4) is 11.5 Å². The van der Waals surface area contributed by atoms with Gasteiger partial charge in [-0.2, -0.15) is 0 Å². The zero-order valence-electron chi connectivity index (χ0n) is 20.2. The highest BCUT2D eigenvalue weighted by atomic mass is 79.9. The summed E-state index contributed by atoms with van der Waals surface area (Å²) in [5.74, 6) is 1.32. The van der Waals surface area contributed by atoms with Crippen molar-refractivity contribution < 1.29 is 33.3 Å². The van der Waals surface area contributed by atoms with Crippen molar-refractivity contribution >= 4 is 39.5 Å². The molecule has 1 aliphatic rings. The van der Waals surface area contributed by atoms with Gasteiger partial charge in [-0.25, -0.2) is 4.39 Å². The molecule has 194 valence electrons. The van der Waals surface area contributed by atoms with E-state index in [4.69, 9.17) is 19.3 Å². The van der Waals surface area contributed by atoms with Gasteiger partial charge in [-0.1, -0.05) is 38.5 Å². The maximum Gasteiger partial charge on any atom is 0.362 e. The number of allylic oxidation sites excluding steroid dienone is 8. The molecule has 1 aromatic rings. The Balaban J connectivity index is 0.00000298. The predicted molar refractivity (Wildman–Crippen MR) is 145 cm³/mol. The molecule has 0 heterocycles. The van der Waals surface area contributed by atoms with E-state index in [1.54, 1.807) is 30.4 Å². The van der Waals surface area contributed by atoms with Crippen molar-refractivity contribution in [2.45, 2.75) is 53.4 Å². The van der Waals surface area contributed by atoms with Crippen LogP contribution in [0, 0.1) is 0 Å². The summed E-state index contributed by atoms with van der Waals surface area (Å²) in [6.07, 6.45) is 9.90. The molecule has 0 bridgehead atoms. The molecule has 0 aliphatic heterocycles. The largest absolute Gasteiger partial charge is 0.508 e. The van der Waals surface area contributed by atoms with Gasteiger partial charge in [-0.15, -0.1) is 0 Å². The SMILES string of the molecule is CC.CC/C(=C\C=C(/C)F)C/C1=C(\O)C=CC/C(Oc2c(Br)cc(OCP(=O)(O)O)cc2Br)=C\C1. The van der Waals surface area contributed by atoms with Crippen molar-refractivity contribution in [2.24, 2.45) is 0 Å². The summed E-state index contributed by atoms with van der Waals surface area (Å²) >= 11 is 6.81. The Labute approximate surface area is 223 Å². The number of aliphatic hydroxyl groups excluding tert-OH is 1. The Morgan fingerprint density at radius 2 is 1.80 bits per heavy atom. The van der Waals surface area contributed by atoms with Crippen molar-refractivity contribution in [3.63, 3.8) is 0 Å². The molecule has 0 unspecified atom stereocenters. The minimum absolute atomic E-state index is 0.194. The van der Waals surface area contributed by atoms with E-state index in [0.717, 1.165) is 17.6 Å².